The fourth-order valence-electron chi connectivity index (χ4n) is 3.70. The van der Waals surface area contributed by atoms with Crippen molar-refractivity contribution >= 4 is 63.6 Å². The molecule has 178 valence electrons. The number of thiophene rings is 1. The molecule has 0 spiro atoms. The lowest BCUT2D eigenvalue weighted by Crippen LogP contribution is -2.33. The molecule has 1 aliphatic heterocycles. The Morgan fingerprint density at radius 2 is 2.12 bits per heavy atom. The van der Waals surface area contributed by atoms with Gasteiger partial charge in [-0.3, -0.25) is 9.59 Å². The van der Waals surface area contributed by atoms with E-state index in [1.807, 2.05) is 23.6 Å². The number of amides is 2. The zero-order chi connectivity index (χ0) is 24.1. The van der Waals surface area contributed by atoms with Gasteiger partial charge in [-0.15, -0.1) is 11.3 Å². The number of nitrogens with zero attached hydrogens (tertiary/aromatic N) is 3. The third-order valence-electron chi connectivity index (χ3n) is 5.38. The molecule has 0 atom stereocenters. The van der Waals surface area contributed by atoms with Gasteiger partial charge in [-0.1, -0.05) is 17.7 Å². The summed E-state index contributed by atoms with van der Waals surface area (Å²) >= 11 is 7.63. The van der Waals surface area contributed by atoms with Gasteiger partial charge in [0, 0.05) is 38.5 Å². The van der Waals surface area contributed by atoms with Crippen LogP contribution in [0.4, 0.5) is 28.8 Å². The quantitative estimate of drug-likeness (QED) is 0.422. The number of rotatable bonds is 8. The lowest BCUT2D eigenvalue weighted by Gasteiger charge is -2.23. The van der Waals surface area contributed by atoms with Gasteiger partial charge in [0.2, 0.25) is 11.9 Å². The summed E-state index contributed by atoms with van der Waals surface area (Å²) in [5.41, 5.74) is 3.33. The first-order chi connectivity index (χ1) is 16.5. The molecule has 3 heterocycles. The summed E-state index contributed by atoms with van der Waals surface area (Å²) < 4.78 is 5.20. The van der Waals surface area contributed by atoms with Crippen molar-refractivity contribution in [3.63, 3.8) is 0 Å². The Labute approximate surface area is 206 Å². The van der Waals surface area contributed by atoms with Crippen molar-refractivity contribution in [2.75, 3.05) is 42.8 Å². The summed E-state index contributed by atoms with van der Waals surface area (Å²) in [6.07, 6.45) is 3.66. The molecule has 0 radical (unpaired) electrons. The Morgan fingerprint density at radius 3 is 2.91 bits per heavy atom. The average Bonchev–Trinajstić information content (AvgIpc) is 3.24. The number of carbonyl (C=O) groups excluding carboxylic acids is 2. The van der Waals surface area contributed by atoms with Gasteiger partial charge < -0.3 is 25.6 Å². The third-order valence-corrected chi connectivity index (χ3v) is 6.57. The first-order valence-electron chi connectivity index (χ1n) is 10.8. The topological polar surface area (TPSA) is 108 Å². The highest BCUT2D eigenvalue weighted by molar-refractivity contribution is 7.12. The molecule has 0 saturated heterocycles. The Balaban J connectivity index is 1.59. The second-order valence-electron chi connectivity index (χ2n) is 7.62. The van der Waals surface area contributed by atoms with Gasteiger partial charge in [0.15, 0.2) is 5.82 Å². The number of methoxy groups -OCH3 is 1. The number of carbonyl (C=O) groups is 2. The van der Waals surface area contributed by atoms with Gasteiger partial charge in [-0.05, 0) is 42.0 Å². The number of anilines is 5. The van der Waals surface area contributed by atoms with Gasteiger partial charge in [0.1, 0.15) is 9.90 Å². The van der Waals surface area contributed by atoms with Crippen molar-refractivity contribution in [3.05, 3.63) is 51.3 Å². The highest BCUT2D eigenvalue weighted by Gasteiger charge is 2.22. The molecule has 11 heteroatoms. The maximum absolute atomic E-state index is 12.7. The third kappa shape index (κ3) is 5.30. The SMILES string of the molecule is CNC(=O)c1sccc1Nc1nc(Nc2ccc3c(c2)N(CCOC)C(=O)CCC3)ncc1Cl. The van der Waals surface area contributed by atoms with Crippen LogP contribution in [0.25, 0.3) is 0 Å². The number of halogens is 1. The van der Waals surface area contributed by atoms with Crippen LogP contribution in [0, 0.1) is 0 Å². The summed E-state index contributed by atoms with van der Waals surface area (Å²) in [5.74, 6) is 0.588. The van der Waals surface area contributed by atoms with Crippen LogP contribution in [-0.4, -0.2) is 49.1 Å². The van der Waals surface area contributed by atoms with Crippen LogP contribution < -0.4 is 20.9 Å². The van der Waals surface area contributed by atoms with Crippen LogP contribution in [0.3, 0.4) is 0 Å². The zero-order valence-corrected chi connectivity index (χ0v) is 20.4. The van der Waals surface area contributed by atoms with E-state index in [0.717, 1.165) is 29.8 Å². The number of hydrogen-bond donors (Lipinski definition) is 3. The van der Waals surface area contributed by atoms with Crippen molar-refractivity contribution in [2.45, 2.75) is 19.3 Å². The number of hydrogen-bond acceptors (Lipinski definition) is 8. The molecule has 0 fully saturated rings. The van der Waals surface area contributed by atoms with Crippen LogP contribution >= 0.6 is 22.9 Å². The van der Waals surface area contributed by atoms with Crippen molar-refractivity contribution < 1.29 is 14.3 Å². The van der Waals surface area contributed by atoms with Crippen LogP contribution in [0.1, 0.15) is 28.1 Å². The molecule has 1 aromatic carbocycles. The molecule has 0 saturated carbocycles. The van der Waals surface area contributed by atoms with Crippen molar-refractivity contribution in [1.29, 1.82) is 0 Å². The molecule has 0 unspecified atom stereocenters. The molecule has 0 bridgehead atoms. The minimum Gasteiger partial charge on any atom is -0.383 e. The van der Waals surface area contributed by atoms with Crippen LogP contribution in [0.15, 0.2) is 35.8 Å². The number of aromatic nitrogens is 2. The van der Waals surface area contributed by atoms with Gasteiger partial charge in [-0.2, -0.15) is 4.98 Å². The number of aryl methyl sites for hydroxylation is 1. The highest BCUT2D eigenvalue weighted by Crippen LogP contribution is 2.32. The predicted molar refractivity (Wildman–Crippen MR) is 135 cm³/mol. The Bertz CT molecular complexity index is 1200. The van der Waals surface area contributed by atoms with E-state index in [9.17, 15) is 9.59 Å². The largest absolute Gasteiger partial charge is 0.383 e. The monoisotopic (exact) mass is 500 g/mol. The second-order valence-corrected chi connectivity index (χ2v) is 8.94. The van der Waals surface area contributed by atoms with E-state index in [1.54, 1.807) is 25.1 Å². The number of nitrogens with one attached hydrogen (secondary N) is 3. The average molecular weight is 501 g/mol. The minimum absolute atomic E-state index is 0.0878. The lowest BCUT2D eigenvalue weighted by atomic mass is 10.1. The fourth-order valence-corrected chi connectivity index (χ4v) is 4.63. The maximum atomic E-state index is 12.7. The Morgan fingerprint density at radius 1 is 1.26 bits per heavy atom. The van der Waals surface area contributed by atoms with E-state index < -0.39 is 0 Å². The second kappa shape index (κ2) is 10.8. The number of ether oxygens (including phenoxy) is 1. The van der Waals surface area contributed by atoms with E-state index in [1.165, 1.54) is 17.5 Å². The van der Waals surface area contributed by atoms with E-state index in [2.05, 4.69) is 25.9 Å². The molecule has 9 nitrogen and oxygen atoms in total. The van der Waals surface area contributed by atoms with Crippen LogP contribution in [0.5, 0.6) is 0 Å². The Kier molecular flexibility index (Phi) is 7.61. The molecular weight excluding hydrogens is 476 g/mol. The van der Waals surface area contributed by atoms with Crippen LogP contribution in [0.2, 0.25) is 5.02 Å². The molecule has 2 amide bonds. The number of benzene rings is 1. The van der Waals surface area contributed by atoms with Crippen molar-refractivity contribution in [2.24, 2.45) is 0 Å². The molecule has 34 heavy (non-hydrogen) atoms. The zero-order valence-electron chi connectivity index (χ0n) is 18.9. The summed E-state index contributed by atoms with van der Waals surface area (Å²) in [5, 5.41) is 11.1. The standard InChI is InChI=1S/C23H25ClN6O3S/c1-25-22(32)20-17(8-11-34-20)28-21-16(24)13-26-23(29-21)27-15-7-6-14-4-3-5-19(31)30(9-10-33-2)18(14)12-15/h6-8,11-13H,3-5,9-10H2,1-2H3,(H,25,32)(H2,26,27,28,29). The normalized spacial score (nSPS) is 13.3. The molecule has 3 N–H and O–H groups in total. The fraction of sp³-hybridized carbons (Fsp3) is 0.304. The minimum atomic E-state index is -0.196. The first-order valence-corrected chi connectivity index (χ1v) is 12.0. The molecule has 1 aliphatic rings. The molecule has 3 aromatic rings. The number of fused-ring (bicyclic) bond motifs is 1. The predicted octanol–water partition coefficient (Wildman–Crippen LogP) is 4.35. The molecule has 0 aliphatic carbocycles. The van der Waals surface area contributed by atoms with E-state index in [0.29, 0.717) is 46.9 Å². The molecular formula is C23H25ClN6O3S. The van der Waals surface area contributed by atoms with E-state index in [-0.39, 0.29) is 11.8 Å². The van der Waals surface area contributed by atoms with Gasteiger partial charge in [-0.25, -0.2) is 4.98 Å². The van der Waals surface area contributed by atoms with Gasteiger partial charge in [0.05, 0.1) is 18.5 Å². The van der Waals surface area contributed by atoms with Crippen molar-refractivity contribution in [1.82, 2.24) is 15.3 Å². The lowest BCUT2D eigenvalue weighted by molar-refractivity contribution is -0.118. The van der Waals surface area contributed by atoms with Gasteiger partial charge >= 0.3 is 0 Å². The maximum Gasteiger partial charge on any atom is 0.263 e. The summed E-state index contributed by atoms with van der Waals surface area (Å²) in [4.78, 5) is 35.8. The van der Waals surface area contributed by atoms with E-state index in [4.69, 9.17) is 16.3 Å². The highest BCUT2D eigenvalue weighted by atomic mass is 35.5. The van der Waals surface area contributed by atoms with Gasteiger partial charge in [0.25, 0.3) is 5.91 Å². The molecule has 2 aromatic heterocycles. The van der Waals surface area contributed by atoms with Crippen LogP contribution in [-0.2, 0) is 16.0 Å². The van der Waals surface area contributed by atoms with E-state index >= 15 is 0 Å². The smallest absolute Gasteiger partial charge is 0.263 e. The molecule has 4 rings (SSSR count). The Hall–Kier alpha value is -3.21. The first kappa shape index (κ1) is 23.9. The summed E-state index contributed by atoms with van der Waals surface area (Å²) in [6.45, 7) is 0.949. The summed E-state index contributed by atoms with van der Waals surface area (Å²) in [7, 11) is 3.20. The summed E-state index contributed by atoms with van der Waals surface area (Å²) in [6, 6.07) is 7.68. The van der Waals surface area contributed by atoms with Crippen molar-refractivity contribution in [3.8, 4) is 0 Å².